The van der Waals surface area contributed by atoms with Gasteiger partial charge in [-0.2, -0.15) is 10.1 Å². The van der Waals surface area contributed by atoms with Crippen LogP contribution in [0.1, 0.15) is 5.56 Å². The second-order valence-electron chi connectivity index (χ2n) is 3.52. The van der Waals surface area contributed by atoms with Crippen molar-refractivity contribution < 1.29 is 4.79 Å². The minimum Gasteiger partial charge on any atom is -0.266 e. The van der Waals surface area contributed by atoms with E-state index >= 15 is 0 Å². The molecule has 0 aliphatic heterocycles. The smallest absolute Gasteiger partial charge is 0.240 e. The van der Waals surface area contributed by atoms with E-state index in [1.165, 1.54) is 0 Å². The van der Waals surface area contributed by atoms with E-state index < -0.39 is 0 Å². The quantitative estimate of drug-likeness (QED) is 0.568. The third-order valence-electron chi connectivity index (χ3n) is 2.49. The molecule has 0 fully saturated rings. The molecule has 4 heteroatoms. The number of aliphatic imine (C=N–C) groups is 1. The van der Waals surface area contributed by atoms with Crippen molar-refractivity contribution in [1.29, 1.82) is 0 Å². The van der Waals surface area contributed by atoms with Crippen LogP contribution in [0.25, 0.3) is 11.3 Å². The molecule has 0 amide bonds. The lowest BCUT2D eigenvalue weighted by atomic mass is 10.1. The maximum absolute atomic E-state index is 10.3. The summed E-state index contributed by atoms with van der Waals surface area (Å²) >= 11 is 0. The van der Waals surface area contributed by atoms with Gasteiger partial charge in [0, 0.05) is 12.6 Å². The number of hydrogen-bond acceptors (Lipinski definition) is 3. The zero-order chi connectivity index (χ0) is 11.5. The Labute approximate surface area is 93.2 Å². The number of aromatic nitrogens is 2. The van der Waals surface area contributed by atoms with Gasteiger partial charge in [-0.05, 0) is 12.5 Å². The fraction of sp³-hybridized carbons (Fsp3) is 0.167. The number of rotatable bonds is 2. The van der Waals surface area contributed by atoms with Gasteiger partial charge in [-0.3, -0.25) is 4.68 Å². The van der Waals surface area contributed by atoms with Gasteiger partial charge in [0.05, 0.1) is 11.9 Å². The Morgan fingerprint density at radius 1 is 1.38 bits per heavy atom. The summed E-state index contributed by atoms with van der Waals surface area (Å²) in [7, 11) is 1.82. The number of benzene rings is 1. The summed E-state index contributed by atoms with van der Waals surface area (Å²) in [5, 5.41) is 4.10. The van der Waals surface area contributed by atoms with Gasteiger partial charge in [-0.1, -0.05) is 24.3 Å². The molecule has 16 heavy (non-hydrogen) atoms. The van der Waals surface area contributed by atoms with E-state index in [2.05, 4.69) is 10.1 Å². The third-order valence-corrected chi connectivity index (χ3v) is 2.49. The van der Waals surface area contributed by atoms with Crippen molar-refractivity contribution in [2.45, 2.75) is 6.92 Å². The number of isocyanates is 1. The summed E-state index contributed by atoms with van der Waals surface area (Å²) in [6, 6.07) is 7.91. The van der Waals surface area contributed by atoms with Crippen LogP contribution < -0.4 is 0 Å². The first kappa shape index (κ1) is 10.3. The standard InChI is InChI=1S/C12H11N3O/c1-9-5-3-4-6-10(9)12-11(13-8-16)7-14-15(12)2/h3-7H,1-2H3. The average Bonchev–Trinajstić information content (AvgIpc) is 2.62. The molecule has 0 saturated carbocycles. The van der Waals surface area contributed by atoms with Crippen LogP contribution in [0.2, 0.25) is 0 Å². The largest absolute Gasteiger partial charge is 0.266 e. The monoisotopic (exact) mass is 213 g/mol. The molecule has 0 radical (unpaired) electrons. The molecule has 2 aromatic rings. The maximum atomic E-state index is 10.3. The molecule has 2 rings (SSSR count). The molecular weight excluding hydrogens is 202 g/mol. The second kappa shape index (κ2) is 4.13. The molecule has 0 atom stereocenters. The average molecular weight is 213 g/mol. The molecule has 0 aliphatic rings. The lowest BCUT2D eigenvalue weighted by Crippen LogP contribution is -1.94. The van der Waals surface area contributed by atoms with Crippen LogP contribution in [0, 0.1) is 6.92 Å². The van der Waals surface area contributed by atoms with Crippen molar-refractivity contribution in [3.05, 3.63) is 36.0 Å². The van der Waals surface area contributed by atoms with Crippen LogP contribution in [0.5, 0.6) is 0 Å². The summed E-state index contributed by atoms with van der Waals surface area (Å²) in [5.41, 5.74) is 3.53. The van der Waals surface area contributed by atoms with Crippen LogP contribution in [-0.2, 0) is 11.8 Å². The number of carbonyl (C=O) groups excluding carboxylic acids is 1. The van der Waals surface area contributed by atoms with E-state index in [-0.39, 0.29) is 0 Å². The normalized spacial score (nSPS) is 9.88. The minimum atomic E-state index is 0.548. The first-order valence-electron chi connectivity index (χ1n) is 4.90. The van der Waals surface area contributed by atoms with Gasteiger partial charge in [-0.15, -0.1) is 0 Å². The highest BCUT2D eigenvalue weighted by molar-refractivity contribution is 5.75. The topological polar surface area (TPSA) is 47.2 Å². The Hall–Kier alpha value is -2.19. The summed E-state index contributed by atoms with van der Waals surface area (Å²) in [6.45, 7) is 2.01. The zero-order valence-electron chi connectivity index (χ0n) is 9.14. The highest BCUT2D eigenvalue weighted by Gasteiger charge is 2.11. The Balaban J connectivity index is 2.68. The predicted molar refractivity (Wildman–Crippen MR) is 61.2 cm³/mol. The molecule has 0 N–H and O–H groups in total. The molecule has 4 nitrogen and oxygen atoms in total. The zero-order valence-corrected chi connectivity index (χ0v) is 9.14. The fourth-order valence-electron chi connectivity index (χ4n) is 1.71. The third kappa shape index (κ3) is 1.66. The van der Waals surface area contributed by atoms with Crippen molar-refractivity contribution in [2.24, 2.45) is 12.0 Å². The predicted octanol–water partition coefficient (Wildman–Crippen LogP) is 2.36. The molecule has 0 saturated heterocycles. The Kier molecular flexibility index (Phi) is 2.66. The first-order valence-corrected chi connectivity index (χ1v) is 4.90. The first-order chi connectivity index (χ1) is 7.74. The van der Waals surface area contributed by atoms with E-state index in [1.807, 2.05) is 38.2 Å². The van der Waals surface area contributed by atoms with Crippen molar-refractivity contribution in [1.82, 2.24) is 9.78 Å². The van der Waals surface area contributed by atoms with Crippen LogP contribution in [0.3, 0.4) is 0 Å². The molecule has 1 aromatic carbocycles. The second-order valence-corrected chi connectivity index (χ2v) is 3.52. The Morgan fingerprint density at radius 3 is 2.81 bits per heavy atom. The van der Waals surface area contributed by atoms with Gasteiger partial charge in [0.25, 0.3) is 0 Å². The van der Waals surface area contributed by atoms with Crippen LogP contribution >= 0.6 is 0 Å². The van der Waals surface area contributed by atoms with Gasteiger partial charge < -0.3 is 0 Å². The van der Waals surface area contributed by atoms with E-state index in [4.69, 9.17) is 0 Å². The van der Waals surface area contributed by atoms with Crippen LogP contribution in [-0.4, -0.2) is 15.9 Å². The number of nitrogens with zero attached hydrogens (tertiary/aromatic N) is 3. The molecule has 1 heterocycles. The van der Waals surface area contributed by atoms with Crippen LogP contribution in [0.4, 0.5) is 5.69 Å². The molecule has 0 unspecified atom stereocenters. The minimum absolute atomic E-state index is 0.548. The van der Waals surface area contributed by atoms with Gasteiger partial charge in [0.1, 0.15) is 5.69 Å². The molecule has 80 valence electrons. The summed E-state index contributed by atoms with van der Waals surface area (Å²) in [5.74, 6) is 0. The lowest BCUT2D eigenvalue weighted by molar-refractivity contribution is 0.565. The van der Waals surface area contributed by atoms with E-state index in [0.717, 1.165) is 16.8 Å². The molecule has 0 spiro atoms. The number of hydrogen-bond donors (Lipinski definition) is 0. The van der Waals surface area contributed by atoms with Gasteiger partial charge in [0.15, 0.2) is 0 Å². The summed E-state index contributed by atoms with van der Waals surface area (Å²) in [6.07, 6.45) is 3.11. The van der Waals surface area contributed by atoms with Crippen LogP contribution in [0.15, 0.2) is 35.5 Å². The maximum Gasteiger partial charge on any atom is 0.240 e. The van der Waals surface area contributed by atoms with E-state index in [9.17, 15) is 4.79 Å². The lowest BCUT2D eigenvalue weighted by Gasteiger charge is -2.06. The van der Waals surface area contributed by atoms with Gasteiger partial charge in [0.2, 0.25) is 6.08 Å². The SMILES string of the molecule is Cc1ccccc1-c1c(N=C=O)cnn1C. The van der Waals surface area contributed by atoms with Crippen molar-refractivity contribution in [3.8, 4) is 11.3 Å². The van der Waals surface area contributed by atoms with Crippen molar-refractivity contribution >= 4 is 11.8 Å². The molecular formula is C12H11N3O. The Morgan fingerprint density at radius 2 is 2.12 bits per heavy atom. The highest BCUT2D eigenvalue weighted by Crippen LogP contribution is 2.31. The number of aryl methyl sites for hydroxylation is 2. The Bertz CT molecular complexity index is 565. The highest BCUT2D eigenvalue weighted by atomic mass is 16.1. The van der Waals surface area contributed by atoms with E-state index in [1.54, 1.807) is 17.0 Å². The molecule has 1 aromatic heterocycles. The fourth-order valence-corrected chi connectivity index (χ4v) is 1.71. The molecule has 0 aliphatic carbocycles. The molecule has 0 bridgehead atoms. The summed E-state index contributed by atoms with van der Waals surface area (Å²) < 4.78 is 1.71. The van der Waals surface area contributed by atoms with Gasteiger partial charge in [-0.25, -0.2) is 4.79 Å². The van der Waals surface area contributed by atoms with Crippen molar-refractivity contribution in [2.75, 3.05) is 0 Å². The van der Waals surface area contributed by atoms with Gasteiger partial charge >= 0.3 is 0 Å². The van der Waals surface area contributed by atoms with E-state index in [0.29, 0.717) is 5.69 Å². The summed E-state index contributed by atoms with van der Waals surface area (Å²) in [4.78, 5) is 14.0. The van der Waals surface area contributed by atoms with Crippen molar-refractivity contribution in [3.63, 3.8) is 0 Å².